The summed E-state index contributed by atoms with van der Waals surface area (Å²) in [7, 11) is 1.41. The van der Waals surface area contributed by atoms with Crippen molar-refractivity contribution in [2.75, 3.05) is 13.7 Å². The van der Waals surface area contributed by atoms with Gasteiger partial charge in [0.1, 0.15) is 0 Å². The van der Waals surface area contributed by atoms with Gasteiger partial charge in [-0.3, -0.25) is 4.99 Å². The quantitative estimate of drug-likeness (QED) is 0.392. The molecule has 0 rings (SSSR count). The fraction of sp³-hybridized carbons (Fsp3) is 0.750. The van der Waals surface area contributed by atoms with Crippen molar-refractivity contribution in [2.45, 2.75) is 6.29 Å². The van der Waals surface area contributed by atoms with Gasteiger partial charge in [-0.05, 0) is 6.72 Å². The van der Waals surface area contributed by atoms with Gasteiger partial charge >= 0.3 is 0 Å². The van der Waals surface area contributed by atoms with Gasteiger partial charge in [0.25, 0.3) is 0 Å². The lowest BCUT2D eigenvalue weighted by Crippen LogP contribution is -2.11. The first kappa shape index (κ1) is 6.59. The van der Waals surface area contributed by atoms with Crippen LogP contribution in [0.25, 0.3) is 0 Å². The minimum absolute atomic E-state index is 0.247. The molecule has 3 nitrogen and oxygen atoms in total. The standard InChI is InChI=1S/C4H9NO2/c1-5-3-4(6)7-2/h4,6H,1,3H2,2H3. The Labute approximate surface area is 42.6 Å². The summed E-state index contributed by atoms with van der Waals surface area (Å²) in [5, 5.41) is 8.50. The Morgan fingerprint density at radius 3 is 2.71 bits per heavy atom. The van der Waals surface area contributed by atoms with Crippen LogP contribution >= 0.6 is 0 Å². The first-order valence-corrected chi connectivity index (χ1v) is 1.94. The number of aliphatic imine (C=N–C) groups is 1. The van der Waals surface area contributed by atoms with Crippen LogP contribution in [-0.2, 0) is 4.74 Å². The minimum atomic E-state index is -0.780. The third-order valence-corrected chi connectivity index (χ3v) is 0.557. The lowest BCUT2D eigenvalue weighted by atomic mass is 10.6. The molecule has 0 amide bonds. The van der Waals surface area contributed by atoms with Crippen molar-refractivity contribution in [1.29, 1.82) is 0 Å². The fourth-order valence-electron chi connectivity index (χ4n) is 0.185. The average molecular weight is 103 g/mol. The molecule has 0 fully saturated rings. The summed E-state index contributed by atoms with van der Waals surface area (Å²) in [5.41, 5.74) is 0. The molecular weight excluding hydrogens is 94.0 g/mol. The summed E-state index contributed by atoms with van der Waals surface area (Å²) >= 11 is 0. The highest BCUT2D eigenvalue weighted by Gasteiger charge is 1.93. The van der Waals surface area contributed by atoms with Gasteiger partial charge < -0.3 is 9.84 Å². The SMILES string of the molecule is C=NCC(O)OC. The van der Waals surface area contributed by atoms with E-state index in [1.54, 1.807) is 0 Å². The van der Waals surface area contributed by atoms with Crippen molar-refractivity contribution in [3.05, 3.63) is 0 Å². The van der Waals surface area contributed by atoms with Gasteiger partial charge in [-0.25, -0.2) is 0 Å². The normalized spacial score (nSPS) is 13.4. The van der Waals surface area contributed by atoms with Crippen molar-refractivity contribution in [3.8, 4) is 0 Å². The van der Waals surface area contributed by atoms with E-state index in [-0.39, 0.29) is 6.54 Å². The molecule has 0 aliphatic heterocycles. The first-order chi connectivity index (χ1) is 3.31. The summed E-state index contributed by atoms with van der Waals surface area (Å²) in [6.45, 7) is 3.41. The number of rotatable bonds is 3. The molecule has 3 heteroatoms. The molecular formula is C4H9NO2. The summed E-state index contributed by atoms with van der Waals surface area (Å²) in [6, 6.07) is 0. The maximum atomic E-state index is 8.50. The van der Waals surface area contributed by atoms with Gasteiger partial charge in [0.2, 0.25) is 0 Å². The van der Waals surface area contributed by atoms with Crippen LogP contribution in [0.2, 0.25) is 0 Å². The Kier molecular flexibility index (Phi) is 3.55. The number of nitrogens with zero attached hydrogens (tertiary/aromatic N) is 1. The van der Waals surface area contributed by atoms with E-state index >= 15 is 0 Å². The van der Waals surface area contributed by atoms with Crippen molar-refractivity contribution in [1.82, 2.24) is 0 Å². The van der Waals surface area contributed by atoms with Crippen LogP contribution in [-0.4, -0.2) is 31.8 Å². The molecule has 42 valence electrons. The highest BCUT2D eigenvalue weighted by atomic mass is 16.6. The molecule has 0 saturated heterocycles. The Bertz CT molecular complexity index is 55.7. The van der Waals surface area contributed by atoms with Crippen LogP contribution in [0, 0.1) is 0 Å². The molecule has 0 aromatic heterocycles. The van der Waals surface area contributed by atoms with E-state index in [9.17, 15) is 0 Å². The Hall–Kier alpha value is -0.410. The lowest BCUT2D eigenvalue weighted by molar-refractivity contribution is -0.0648. The van der Waals surface area contributed by atoms with E-state index in [0.29, 0.717) is 0 Å². The molecule has 1 atom stereocenters. The van der Waals surface area contributed by atoms with Crippen molar-refractivity contribution < 1.29 is 9.84 Å². The Morgan fingerprint density at radius 2 is 2.57 bits per heavy atom. The third kappa shape index (κ3) is 3.42. The molecule has 0 saturated carbocycles. The molecule has 7 heavy (non-hydrogen) atoms. The molecule has 0 heterocycles. The van der Waals surface area contributed by atoms with E-state index in [2.05, 4.69) is 16.4 Å². The largest absolute Gasteiger partial charge is 0.366 e. The zero-order chi connectivity index (χ0) is 5.70. The number of hydrogen-bond donors (Lipinski definition) is 1. The van der Waals surface area contributed by atoms with Crippen LogP contribution in [0.15, 0.2) is 4.99 Å². The zero-order valence-corrected chi connectivity index (χ0v) is 4.29. The van der Waals surface area contributed by atoms with Crippen molar-refractivity contribution in [3.63, 3.8) is 0 Å². The average Bonchev–Trinajstić information content (AvgIpc) is 1.68. The third-order valence-electron chi connectivity index (χ3n) is 0.557. The molecule has 0 aliphatic carbocycles. The van der Waals surface area contributed by atoms with Gasteiger partial charge in [0.15, 0.2) is 6.29 Å². The van der Waals surface area contributed by atoms with Gasteiger partial charge in [-0.2, -0.15) is 0 Å². The van der Waals surface area contributed by atoms with E-state index in [1.807, 2.05) is 0 Å². The number of methoxy groups -OCH3 is 1. The molecule has 0 bridgehead atoms. The zero-order valence-electron chi connectivity index (χ0n) is 4.29. The Balaban J connectivity index is 2.98. The minimum Gasteiger partial charge on any atom is -0.366 e. The van der Waals surface area contributed by atoms with Crippen LogP contribution in [0.4, 0.5) is 0 Å². The van der Waals surface area contributed by atoms with Crippen LogP contribution in [0.5, 0.6) is 0 Å². The van der Waals surface area contributed by atoms with E-state index in [4.69, 9.17) is 5.11 Å². The molecule has 0 spiro atoms. The summed E-state index contributed by atoms with van der Waals surface area (Å²) < 4.78 is 4.41. The number of aliphatic hydroxyl groups excluding tert-OH is 1. The smallest absolute Gasteiger partial charge is 0.173 e. The van der Waals surface area contributed by atoms with E-state index in [1.165, 1.54) is 7.11 Å². The predicted molar refractivity (Wildman–Crippen MR) is 27.4 cm³/mol. The van der Waals surface area contributed by atoms with Crippen molar-refractivity contribution in [2.24, 2.45) is 4.99 Å². The second-order valence-corrected chi connectivity index (χ2v) is 1.10. The highest BCUT2D eigenvalue weighted by Crippen LogP contribution is 1.80. The van der Waals surface area contributed by atoms with Gasteiger partial charge in [0.05, 0.1) is 6.54 Å². The topological polar surface area (TPSA) is 41.8 Å². The molecule has 0 aliphatic rings. The summed E-state index contributed by atoms with van der Waals surface area (Å²) in [4.78, 5) is 3.38. The molecule has 1 unspecified atom stereocenters. The molecule has 0 aromatic rings. The van der Waals surface area contributed by atoms with Crippen molar-refractivity contribution >= 4 is 6.72 Å². The molecule has 1 N–H and O–H groups in total. The second-order valence-electron chi connectivity index (χ2n) is 1.10. The number of aliphatic hydroxyl groups is 1. The predicted octanol–water partition coefficient (Wildman–Crippen LogP) is -0.348. The lowest BCUT2D eigenvalue weighted by Gasteiger charge is -2.00. The summed E-state index contributed by atoms with van der Waals surface area (Å²) in [5.74, 6) is 0. The first-order valence-electron chi connectivity index (χ1n) is 1.94. The van der Waals surface area contributed by atoms with Gasteiger partial charge in [-0.15, -0.1) is 0 Å². The number of ether oxygens (including phenoxy) is 1. The monoisotopic (exact) mass is 103 g/mol. The number of hydrogen-bond acceptors (Lipinski definition) is 3. The van der Waals surface area contributed by atoms with Gasteiger partial charge in [-0.1, -0.05) is 0 Å². The maximum absolute atomic E-state index is 8.50. The van der Waals surface area contributed by atoms with Crippen LogP contribution in [0.1, 0.15) is 0 Å². The molecule has 0 aromatic carbocycles. The highest BCUT2D eigenvalue weighted by molar-refractivity contribution is 5.23. The Morgan fingerprint density at radius 1 is 2.00 bits per heavy atom. The van der Waals surface area contributed by atoms with E-state index in [0.717, 1.165) is 0 Å². The maximum Gasteiger partial charge on any atom is 0.173 e. The fourth-order valence-corrected chi connectivity index (χ4v) is 0.185. The second kappa shape index (κ2) is 3.77. The summed E-state index contributed by atoms with van der Waals surface area (Å²) in [6.07, 6.45) is -0.780. The molecule has 0 radical (unpaired) electrons. The van der Waals surface area contributed by atoms with E-state index < -0.39 is 6.29 Å². The van der Waals surface area contributed by atoms with Crippen LogP contribution in [0.3, 0.4) is 0 Å². The van der Waals surface area contributed by atoms with Gasteiger partial charge in [0, 0.05) is 7.11 Å². The van der Waals surface area contributed by atoms with Crippen LogP contribution < -0.4 is 0 Å².